The number of amides is 1. The van der Waals surface area contributed by atoms with E-state index in [1.165, 1.54) is 0 Å². The average Bonchev–Trinajstić information content (AvgIpc) is 3.14. The van der Waals surface area contributed by atoms with Crippen molar-refractivity contribution in [2.45, 2.75) is 44.8 Å². The van der Waals surface area contributed by atoms with E-state index < -0.39 is 17.2 Å². The Balaban J connectivity index is 1.95. The number of nitrogens with one attached hydrogen (secondary N) is 1. The number of carbonyl (C=O) groups excluding carboxylic acids is 2. The number of rotatable bonds is 5. The van der Waals surface area contributed by atoms with E-state index in [4.69, 9.17) is 9.47 Å². The predicted molar refractivity (Wildman–Crippen MR) is 86.4 cm³/mol. The number of aldehydes is 1. The molecule has 2 rings (SSSR count). The minimum absolute atomic E-state index is 0.309. The summed E-state index contributed by atoms with van der Waals surface area (Å²) in [5.41, 5.74) is -0.447. The van der Waals surface area contributed by atoms with Crippen LogP contribution in [-0.4, -0.2) is 30.1 Å². The Labute approximate surface area is 138 Å². The van der Waals surface area contributed by atoms with Gasteiger partial charge in [0.05, 0.1) is 11.1 Å². The molecule has 1 aliphatic rings. The van der Waals surface area contributed by atoms with Crippen molar-refractivity contribution >= 4 is 28.3 Å². The van der Waals surface area contributed by atoms with Gasteiger partial charge in [-0.15, -0.1) is 0 Å². The number of ether oxygens (including phenoxy) is 2. The maximum atomic E-state index is 11.9. The van der Waals surface area contributed by atoms with Gasteiger partial charge in [-0.05, 0) is 51.8 Å². The lowest BCUT2D eigenvalue weighted by molar-refractivity contribution is 0.0476. The van der Waals surface area contributed by atoms with Crippen LogP contribution < -0.4 is 10.1 Å². The van der Waals surface area contributed by atoms with Gasteiger partial charge in [0.15, 0.2) is 6.29 Å². The van der Waals surface area contributed by atoms with Gasteiger partial charge in [-0.3, -0.25) is 4.79 Å². The number of carbonyl (C=O) groups is 2. The Hall–Kier alpha value is -1.56. The third kappa shape index (κ3) is 4.73. The fourth-order valence-corrected chi connectivity index (χ4v) is 2.26. The monoisotopic (exact) mass is 369 g/mol. The van der Waals surface area contributed by atoms with Crippen LogP contribution in [0.2, 0.25) is 0 Å². The van der Waals surface area contributed by atoms with E-state index in [0.29, 0.717) is 17.9 Å². The van der Waals surface area contributed by atoms with E-state index in [1.54, 1.807) is 18.2 Å². The average molecular weight is 370 g/mol. The number of benzene rings is 1. The molecule has 1 fully saturated rings. The second-order valence-corrected chi connectivity index (χ2v) is 7.41. The Morgan fingerprint density at radius 2 is 2.09 bits per heavy atom. The van der Waals surface area contributed by atoms with Gasteiger partial charge in [-0.1, -0.05) is 15.9 Å². The fraction of sp³-hybridized carbons (Fsp3) is 0.500. The van der Waals surface area contributed by atoms with Gasteiger partial charge in [0.1, 0.15) is 18.0 Å². The molecule has 0 heterocycles. The van der Waals surface area contributed by atoms with Crippen molar-refractivity contribution in [2.75, 3.05) is 6.61 Å². The maximum Gasteiger partial charge on any atom is 0.408 e. The second kappa shape index (κ2) is 6.28. The molecular weight excluding hydrogens is 350 g/mol. The lowest BCUT2D eigenvalue weighted by Crippen LogP contribution is -2.44. The van der Waals surface area contributed by atoms with Crippen LogP contribution in [0.4, 0.5) is 4.79 Å². The molecule has 0 aliphatic heterocycles. The van der Waals surface area contributed by atoms with Crippen LogP contribution >= 0.6 is 15.9 Å². The van der Waals surface area contributed by atoms with Crippen LogP contribution in [-0.2, 0) is 4.74 Å². The molecule has 1 aromatic rings. The summed E-state index contributed by atoms with van der Waals surface area (Å²) in [5.74, 6) is 0.502. The zero-order valence-corrected chi connectivity index (χ0v) is 14.5. The minimum Gasteiger partial charge on any atom is -0.490 e. The Morgan fingerprint density at radius 3 is 2.64 bits per heavy atom. The zero-order valence-electron chi connectivity index (χ0n) is 12.9. The SMILES string of the molecule is CC(C)(C)OC(=O)NC1(COc2cc(Br)ccc2C=O)CC1. The molecule has 1 aromatic carbocycles. The first-order valence-corrected chi connectivity index (χ1v) is 7.91. The first-order chi connectivity index (χ1) is 10.2. The molecular formula is C16H20BrNO4. The summed E-state index contributed by atoms with van der Waals surface area (Å²) in [7, 11) is 0. The quantitative estimate of drug-likeness (QED) is 0.803. The molecule has 0 spiro atoms. The van der Waals surface area contributed by atoms with Crippen LogP contribution in [0, 0.1) is 0 Å². The summed E-state index contributed by atoms with van der Waals surface area (Å²) in [4.78, 5) is 22.9. The van der Waals surface area contributed by atoms with Gasteiger partial charge in [0.2, 0.25) is 0 Å². The van der Waals surface area contributed by atoms with Gasteiger partial charge in [-0.2, -0.15) is 0 Å². The van der Waals surface area contributed by atoms with Crippen LogP contribution in [0.1, 0.15) is 44.0 Å². The molecule has 0 atom stereocenters. The molecule has 1 saturated carbocycles. The zero-order chi connectivity index (χ0) is 16.4. The normalized spacial score (nSPS) is 15.8. The summed E-state index contributed by atoms with van der Waals surface area (Å²) < 4.78 is 11.8. The summed E-state index contributed by atoms with van der Waals surface area (Å²) in [6.45, 7) is 5.77. The third-order valence-corrected chi connectivity index (χ3v) is 3.72. The molecule has 1 amide bonds. The van der Waals surface area contributed by atoms with Crippen molar-refractivity contribution in [3.63, 3.8) is 0 Å². The van der Waals surface area contributed by atoms with Gasteiger partial charge < -0.3 is 14.8 Å². The minimum atomic E-state index is -0.532. The molecule has 120 valence electrons. The number of halogens is 1. The van der Waals surface area contributed by atoms with Gasteiger partial charge in [-0.25, -0.2) is 4.79 Å². The second-order valence-electron chi connectivity index (χ2n) is 6.50. The summed E-state index contributed by atoms with van der Waals surface area (Å²) >= 11 is 3.35. The maximum absolute atomic E-state index is 11.9. The van der Waals surface area contributed by atoms with Crippen LogP contribution in [0.5, 0.6) is 5.75 Å². The van der Waals surface area contributed by atoms with E-state index in [1.807, 2.05) is 20.8 Å². The standard InChI is InChI=1S/C16H20BrNO4/c1-15(2,3)22-14(20)18-16(6-7-16)10-21-13-8-12(17)5-4-11(13)9-19/h4-5,8-9H,6-7,10H2,1-3H3,(H,18,20). The van der Waals surface area contributed by atoms with E-state index >= 15 is 0 Å². The van der Waals surface area contributed by atoms with E-state index in [0.717, 1.165) is 23.6 Å². The molecule has 22 heavy (non-hydrogen) atoms. The number of alkyl carbamates (subject to hydrolysis) is 1. The summed E-state index contributed by atoms with van der Waals surface area (Å²) in [5, 5.41) is 2.86. The van der Waals surface area contributed by atoms with Gasteiger partial charge in [0, 0.05) is 4.47 Å². The fourth-order valence-electron chi connectivity index (χ4n) is 1.92. The summed E-state index contributed by atoms with van der Waals surface area (Å²) in [6, 6.07) is 5.21. The highest BCUT2D eigenvalue weighted by Gasteiger charge is 2.46. The largest absolute Gasteiger partial charge is 0.490 e. The Morgan fingerprint density at radius 1 is 1.41 bits per heavy atom. The van der Waals surface area contributed by atoms with Crippen molar-refractivity contribution in [2.24, 2.45) is 0 Å². The molecule has 0 bridgehead atoms. The highest BCUT2D eigenvalue weighted by atomic mass is 79.9. The van der Waals surface area contributed by atoms with Gasteiger partial charge in [0.25, 0.3) is 0 Å². The van der Waals surface area contributed by atoms with Crippen molar-refractivity contribution in [1.82, 2.24) is 5.32 Å². The highest BCUT2D eigenvalue weighted by Crippen LogP contribution is 2.37. The predicted octanol–water partition coefficient (Wildman–Crippen LogP) is 3.70. The van der Waals surface area contributed by atoms with Gasteiger partial charge >= 0.3 is 6.09 Å². The molecule has 0 aromatic heterocycles. The van der Waals surface area contributed by atoms with Crippen LogP contribution in [0.25, 0.3) is 0 Å². The lowest BCUT2D eigenvalue weighted by Gasteiger charge is -2.23. The lowest BCUT2D eigenvalue weighted by atomic mass is 10.2. The molecule has 6 heteroatoms. The van der Waals surface area contributed by atoms with E-state index in [-0.39, 0.29) is 0 Å². The molecule has 0 unspecified atom stereocenters. The Kier molecular flexibility index (Phi) is 4.80. The molecule has 5 nitrogen and oxygen atoms in total. The number of hydrogen-bond donors (Lipinski definition) is 1. The summed E-state index contributed by atoms with van der Waals surface area (Å²) in [6.07, 6.45) is 1.97. The highest BCUT2D eigenvalue weighted by molar-refractivity contribution is 9.10. The molecule has 0 saturated heterocycles. The van der Waals surface area contributed by atoms with Crippen molar-refractivity contribution < 1.29 is 19.1 Å². The van der Waals surface area contributed by atoms with Crippen molar-refractivity contribution in [3.05, 3.63) is 28.2 Å². The number of hydrogen-bond acceptors (Lipinski definition) is 4. The van der Waals surface area contributed by atoms with E-state index in [9.17, 15) is 9.59 Å². The third-order valence-electron chi connectivity index (χ3n) is 3.23. The first kappa shape index (κ1) is 16.8. The smallest absolute Gasteiger partial charge is 0.408 e. The molecule has 0 radical (unpaired) electrons. The Bertz CT molecular complexity index is 576. The van der Waals surface area contributed by atoms with E-state index in [2.05, 4.69) is 21.2 Å². The topological polar surface area (TPSA) is 64.6 Å². The molecule has 1 N–H and O–H groups in total. The first-order valence-electron chi connectivity index (χ1n) is 7.12. The molecule has 1 aliphatic carbocycles. The van der Waals surface area contributed by atoms with Crippen LogP contribution in [0.3, 0.4) is 0 Å². The van der Waals surface area contributed by atoms with Crippen molar-refractivity contribution in [3.8, 4) is 5.75 Å². The van der Waals surface area contributed by atoms with Crippen molar-refractivity contribution in [1.29, 1.82) is 0 Å². The van der Waals surface area contributed by atoms with Crippen LogP contribution in [0.15, 0.2) is 22.7 Å².